The van der Waals surface area contributed by atoms with Crippen LogP contribution in [0.1, 0.15) is 11.5 Å². The molecule has 4 heterocycles. The predicted molar refractivity (Wildman–Crippen MR) is 120 cm³/mol. The van der Waals surface area contributed by atoms with Gasteiger partial charge in [0, 0.05) is 39.1 Å². The number of methoxy groups -OCH3 is 1. The number of rotatable bonds is 3. The van der Waals surface area contributed by atoms with Gasteiger partial charge in [-0.05, 0) is 44.2 Å². The van der Waals surface area contributed by atoms with E-state index in [0.717, 1.165) is 55.3 Å². The molecule has 8 heteroatoms. The first-order chi connectivity index (χ1) is 15.5. The van der Waals surface area contributed by atoms with Crippen LogP contribution in [0, 0.1) is 19.7 Å². The fourth-order valence-corrected chi connectivity index (χ4v) is 4.48. The van der Waals surface area contributed by atoms with Crippen molar-refractivity contribution in [2.45, 2.75) is 13.8 Å². The second-order valence-electron chi connectivity index (χ2n) is 7.76. The normalized spacial score (nSPS) is 11.8. The van der Waals surface area contributed by atoms with Gasteiger partial charge in [0.05, 0.1) is 29.4 Å². The third-order valence-electron chi connectivity index (χ3n) is 5.91. The Morgan fingerprint density at radius 2 is 1.88 bits per heavy atom. The summed E-state index contributed by atoms with van der Waals surface area (Å²) in [6.07, 6.45) is 3.36. The van der Waals surface area contributed by atoms with Gasteiger partial charge in [-0.25, -0.2) is 14.4 Å². The molecule has 0 aliphatic rings. The molecule has 0 amide bonds. The largest absolute Gasteiger partial charge is 0.496 e. The maximum Gasteiger partial charge on any atom is 0.142 e. The van der Waals surface area contributed by atoms with Gasteiger partial charge >= 0.3 is 0 Å². The fourth-order valence-electron chi connectivity index (χ4n) is 4.48. The first kappa shape index (κ1) is 18.6. The summed E-state index contributed by atoms with van der Waals surface area (Å²) in [7, 11) is 1.64. The third kappa shape index (κ3) is 2.56. The highest BCUT2D eigenvalue weighted by molar-refractivity contribution is 6.15. The molecule has 0 radical (unpaired) electrons. The zero-order valence-electron chi connectivity index (χ0n) is 17.6. The summed E-state index contributed by atoms with van der Waals surface area (Å²) >= 11 is 0. The zero-order chi connectivity index (χ0) is 22.0. The summed E-state index contributed by atoms with van der Waals surface area (Å²) in [5.41, 5.74) is 6.50. The number of hydrogen-bond acceptors (Lipinski definition) is 5. The standard InChI is InChI=1S/C24H18FN5O2/c1-11-21(12(2)32-30-11)16-7-19-15(8-20(16)31-3)22-23(27-10-28-24(22)29-19)17-9-26-18-5-4-13(25)6-14(17)18/h4-10,26H,1-3H3,(H,27,28,29). The lowest BCUT2D eigenvalue weighted by atomic mass is 9.99. The van der Waals surface area contributed by atoms with Crippen molar-refractivity contribution in [3.63, 3.8) is 0 Å². The van der Waals surface area contributed by atoms with Crippen LogP contribution in [0.15, 0.2) is 47.4 Å². The predicted octanol–water partition coefficient (Wildman–Crippen LogP) is 5.68. The number of hydrogen-bond donors (Lipinski definition) is 2. The van der Waals surface area contributed by atoms with E-state index in [-0.39, 0.29) is 5.82 Å². The van der Waals surface area contributed by atoms with E-state index in [1.807, 2.05) is 32.2 Å². The van der Waals surface area contributed by atoms with Crippen LogP contribution in [-0.2, 0) is 0 Å². The molecule has 0 atom stereocenters. The SMILES string of the molecule is COc1cc2c(cc1-c1c(C)noc1C)[nH]c1ncnc(-c3c[nH]c4ccc(F)cc34)c12. The van der Waals surface area contributed by atoms with Crippen molar-refractivity contribution in [2.24, 2.45) is 0 Å². The highest BCUT2D eigenvalue weighted by atomic mass is 19.1. The minimum Gasteiger partial charge on any atom is -0.496 e. The van der Waals surface area contributed by atoms with E-state index in [9.17, 15) is 4.39 Å². The quantitative estimate of drug-likeness (QED) is 0.379. The Morgan fingerprint density at radius 3 is 2.66 bits per heavy atom. The first-order valence-corrected chi connectivity index (χ1v) is 10.1. The molecule has 0 spiro atoms. The number of benzene rings is 2. The lowest BCUT2D eigenvalue weighted by Crippen LogP contribution is -1.90. The summed E-state index contributed by atoms with van der Waals surface area (Å²) in [5.74, 6) is 1.11. The van der Waals surface area contributed by atoms with Gasteiger partial charge in [-0.2, -0.15) is 0 Å². The summed E-state index contributed by atoms with van der Waals surface area (Å²) in [6.45, 7) is 3.78. The van der Waals surface area contributed by atoms with Gasteiger partial charge in [-0.3, -0.25) is 0 Å². The number of H-pyrrole nitrogens is 2. The van der Waals surface area contributed by atoms with Crippen molar-refractivity contribution in [3.05, 3.63) is 60.1 Å². The first-order valence-electron chi connectivity index (χ1n) is 10.1. The monoisotopic (exact) mass is 427 g/mol. The number of halogens is 1. The van der Waals surface area contributed by atoms with Crippen LogP contribution in [0.3, 0.4) is 0 Å². The van der Waals surface area contributed by atoms with Gasteiger partial charge in [-0.1, -0.05) is 5.16 Å². The molecule has 158 valence electrons. The second-order valence-corrected chi connectivity index (χ2v) is 7.76. The Morgan fingerprint density at radius 1 is 1.00 bits per heavy atom. The van der Waals surface area contributed by atoms with Crippen molar-refractivity contribution < 1.29 is 13.7 Å². The Labute approximate surface area is 181 Å². The van der Waals surface area contributed by atoms with Gasteiger partial charge < -0.3 is 19.2 Å². The lowest BCUT2D eigenvalue weighted by Gasteiger charge is -2.09. The van der Waals surface area contributed by atoms with Gasteiger partial charge in [0.1, 0.15) is 29.3 Å². The molecule has 6 aromatic rings. The Kier molecular flexibility index (Phi) is 3.86. The molecule has 0 unspecified atom stereocenters. The summed E-state index contributed by atoms with van der Waals surface area (Å²) in [6, 6.07) is 8.66. The van der Waals surface area contributed by atoms with Crippen LogP contribution in [-0.4, -0.2) is 32.2 Å². The van der Waals surface area contributed by atoms with Gasteiger partial charge in [0.25, 0.3) is 0 Å². The third-order valence-corrected chi connectivity index (χ3v) is 5.91. The molecule has 0 bridgehead atoms. The van der Waals surface area contributed by atoms with E-state index in [0.29, 0.717) is 17.1 Å². The van der Waals surface area contributed by atoms with E-state index in [1.165, 1.54) is 18.5 Å². The highest BCUT2D eigenvalue weighted by Crippen LogP contribution is 2.41. The van der Waals surface area contributed by atoms with Crippen LogP contribution < -0.4 is 4.74 Å². The molecule has 32 heavy (non-hydrogen) atoms. The fraction of sp³-hybridized carbons (Fsp3) is 0.125. The molecule has 0 saturated heterocycles. The zero-order valence-corrected chi connectivity index (χ0v) is 17.6. The molecule has 0 saturated carbocycles. The summed E-state index contributed by atoms with van der Waals surface area (Å²) < 4.78 is 25.1. The minimum atomic E-state index is -0.298. The molecular formula is C24H18FN5O2. The number of aryl methyl sites for hydroxylation is 2. The molecule has 4 aromatic heterocycles. The number of nitrogens with zero attached hydrogens (tertiary/aromatic N) is 3. The highest BCUT2D eigenvalue weighted by Gasteiger charge is 2.21. The van der Waals surface area contributed by atoms with E-state index in [2.05, 4.69) is 25.1 Å². The topological polar surface area (TPSA) is 92.6 Å². The van der Waals surface area contributed by atoms with Crippen molar-refractivity contribution in [1.82, 2.24) is 25.1 Å². The van der Waals surface area contributed by atoms with Crippen LogP contribution in [0.25, 0.3) is 55.2 Å². The number of aromatic amines is 2. The maximum atomic E-state index is 14.0. The Balaban J connectivity index is 1.67. The van der Waals surface area contributed by atoms with Crippen molar-refractivity contribution >= 4 is 32.8 Å². The van der Waals surface area contributed by atoms with Crippen molar-refractivity contribution in [2.75, 3.05) is 7.11 Å². The second kappa shape index (κ2) is 6.65. The smallest absolute Gasteiger partial charge is 0.142 e. The average Bonchev–Trinajstić information content (AvgIpc) is 3.46. The Hall–Kier alpha value is -4.20. The van der Waals surface area contributed by atoms with Crippen LogP contribution in [0.5, 0.6) is 5.75 Å². The molecule has 6 rings (SSSR count). The molecule has 0 aliphatic carbocycles. The Bertz CT molecular complexity index is 1640. The summed E-state index contributed by atoms with van der Waals surface area (Å²) in [4.78, 5) is 15.6. The van der Waals surface area contributed by atoms with Crippen LogP contribution in [0.4, 0.5) is 4.39 Å². The number of aromatic nitrogens is 5. The van der Waals surface area contributed by atoms with Gasteiger partial charge in [0.15, 0.2) is 0 Å². The maximum absolute atomic E-state index is 14.0. The molecule has 0 fully saturated rings. The number of fused-ring (bicyclic) bond motifs is 4. The van der Waals surface area contributed by atoms with E-state index >= 15 is 0 Å². The van der Waals surface area contributed by atoms with E-state index in [1.54, 1.807) is 13.2 Å². The lowest BCUT2D eigenvalue weighted by molar-refractivity contribution is 0.393. The van der Waals surface area contributed by atoms with Gasteiger partial charge in [0.2, 0.25) is 0 Å². The number of ether oxygens (including phenoxy) is 1. The molecule has 2 N–H and O–H groups in total. The van der Waals surface area contributed by atoms with Crippen molar-refractivity contribution in [1.29, 1.82) is 0 Å². The summed E-state index contributed by atoms with van der Waals surface area (Å²) in [5, 5.41) is 6.59. The van der Waals surface area contributed by atoms with Crippen LogP contribution >= 0.6 is 0 Å². The average molecular weight is 427 g/mol. The van der Waals surface area contributed by atoms with E-state index in [4.69, 9.17) is 9.26 Å². The van der Waals surface area contributed by atoms with Gasteiger partial charge in [-0.15, -0.1) is 0 Å². The number of nitrogens with one attached hydrogen (secondary N) is 2. The molecule has 0 aliphatic heterocycles. The minimum absolute atomic E-state index is 0.298. The molecule has 7 nitrogen and oxygen atoms in total. The molecule has 2 aromatic carbocycles. The van der Waals surface area contributed by atoms with Crippen LogP contribution in [0.2, 0.25) is 0 Å². The van der Waals surface area contributed by atoms with Crippen molar-refractivity contribution in [3.8, 4) is 28.1 Å². The van der Waals surface area contributed by atoms with E-state index < -0.39 is 0 Å². The molecular weight excluding hydrogens is 409 g/mol.